The van der Waals surface area contributed by atoms with Gasteiger partial charge in [0, 0.05) is 24.5 Å². The lowest BCUT2D eigenvalue weighted by atomic mass is 9.97. The summed E-state index contributed by atoms with van der Waals surface area (Å²) in [7, 11) is 1.48. The van der Waals surface area contributed by atoms with Crippen LogP contribution in [0.1, 0.15) is 50.5 Å². The van der Waals surface area contributed by atoms with E-state index in [4.69, 9.17) is 4.74 Å². The van der Waals surface area contributed by atoms with E-state index in [1.165, 1.54) is 7.05 Å². The number of aryl methyl sites for hydroxylation is 1. The van der Waals surface area contributed by atoms with Gasteiger partial charge >= 0.3 is 5.97 Å². The minimum absolute atomic E-state index is 0.0343. The minimum Gasteiger partial charge on any atom is -0.448 e. The number of likely N-dealkylation sites (tertiary alicyclic amines) is 1. The van der Waals surface area contributed by atoms with Crippen LogP contribution < -0.4 is 5.56 Å². The van der Waals surface area contributed by atoms with Crippen molar-refractivity contribution >= 4 is 22.6 Å². The molecule has 0 unspecified atom stereocenters. The topological polar surface area (TPSA) is 81.5 Å². The van der Waals surface area contributed by atoms with Crippen LogP contribution in [0.2, 0.25) is 0 Å². The zero-order chi connectivity index (χ0) is 19.7. The van der Waals surface area contributed by atoms with E-state index in [1.54, 1.807) is 31.2 Å². The Kier molecular flexibility index (Phi) is 5.30. The number of hydrogen-bond acceptors (Lipinski definition) is 5. The van der Waals surface area contributed by atoms with Gasteiger partial charge in [0.15, 0.2) is 11.8 Å². The predicted octanol–water partition coefficient (Wildman–Crippen LogP) is 2.27. The van der Waals surface area contributed by atoms with Gasteiger partial charge in [0.1, 0.15) is 0 Å². The monoisotopic (exact) mass is 371 g/mol. The van der Waals surface area contributed by atoms with E-state index in [2.05, 4.69) is 5.10 Å². The lowest BCUT2D eigenvalue weighted by molar-refractivity contribution is -0.146. The van der Waals surface area contributed by atoms with Crippen molar-refractivity contribution in [2.24, 2.45) is 7.05 Å². The van der Waals surface area contributed by atoms with Gasteiger partial charge in [-0.3, -0.25) is 9.59 Å². The maximum Gasteiger partial charge on any atom is 0.360 e. The fourth-order valence-corrected chi connectivity index (χ4v) is 3.78. The molecule has 1 aromatic heterocycles. The van der Waals surface area contributed by atoms with Crippen LogP contribution in [-0.2, 0) is 16.6 Å². The molecule has 0 saturated carbocycles. The maximum atomic E-state index is 12.8. The summed E-state index contributed by atoms with van der Waals surface area (Å²) in [5.74, 6) is -0.905. The third kappa shape index (κ3) is 3.59. The molecule has 1 aliphatic heterocycles. The molecule has 0 bridgehead atoms. The zero-order valence-corrected chi connectivity index (χ0v) is 16.1. The molecule has 3 rings (SSSR count). The normalized spacial score (nSPS) is 21.1. The van der Waals surface area contributed by atoms with Crippen LogP contribution in [0.4, 0.5) is 0 Å². The Balaban J connectivity index is 1.85. The van der Waals surface area contributed by atoms with Gasteiger partial charge in [0.2, 0.25) is 0 Å². The molecule has 3 atom stereocenters. The summed E-state index contributed by atoms with van der Waals surface area (Å²) in [4.78, 5) is 39.6. The van der Waals surface area contributed by atoms with E-state index in [1.807, 2.05) is 18.7 Å². The molecule has 1 aromatic carbocycles. The molecule has 27 heavy (non-hydrogen) atoms. The van der Waals surface area contributed by atoms with Gasteiger partial charge in [-0.25, -0.2) is 9.48 Å². The van der Waals surface area contributed by atoms with Crippen LogP contribution in [0.3, 0.4) is 0 Å². The average Bonchev–Trinajstić information content (AvgIpc) is 2.64. The molecule has 0 radical (unpaired) electrons. The van der Waals surface area contributed by atoms with Crippen molar-refractivity contribution in [2.45, 2.75) is 58.2 Å². The second kappa shape index (κ2) is 7.50. The van der Waals surface area contributed by atoms with E-state index in [9.17, 15) is 14.4 Å². The SMILES string of the molecule is C[C@@H]1CCC[C@@H](C)N1C(=O)[C@@H](C)OC(=O)c1nn(C)c(=O)c2ccccc12. The summed E-state index contributed by atoms with van der Waals surface area (Å²) in [6.45, 7) is 5.62. The largest absolute Gasteiger partial charge is 0.448 e. The lowest BCUT2D eigenvalue weighted by Crippen LogP contribution is -2.51. The fraction of sp³-hybridized carbons (Fsp3) is 0.500. The quantitative estimate of drug-likeness (QED) is 0.773. The average molecular weight is 371 g/mol. The number of rotatable bonds is 3. The molecular weight excluding hydrogens is 346 g/mol. The summed E-state index contributed by atoms with van der Waals surface area (Å²) in [5, 5.41) is 4.87. The van der Waals surface area contributed by atoms with E-state index >= 15 is 0 Å². The second-order valence-electron chi connectivity index (χ2n) is 7.24. The Morgan fingerprint density at radius 1 is 1.15 bits per heavy atom. The van der Waals surface area contributed by atoms with E-state index in [-0.39, 0.29) is 29.2 Å². The maximum absolute atomic E-state index is 12.8. The third-order valence-electron chi connectivity index (χ3n) is 5.23. The number of esters is 1. The number of carbonyl (C=O) groups is 2. The Bertz CT molecular complexity index is 926. The van der Waals surface area contributed by atoms with Crippen LogP contribution in [0, 0.1) is 0 Å². The van der Waals surface area contributed by atoms with Crippen molar-refractivity contribution in [1.82, 2.24) is 14.7 Å². The van der Waals surface area contributed by atoms with Crippen LogP contribution in [0.25, 0.3) is 10.8 Å². The molecule has 0 spiro atoms. The van der Waals surface area contributed by atoms with Crippen molar-refractivity contribution < 1.29 is 14.3 Å². The molecule has 2 heterocycles. The number of fused-ring (bicyclic) bond motifs is 1. The molecule has 0 N–H and O–H groups in total. The van der Waals surface area contributed by atoms with E-state index in [0.29, 0.717) is 10.8 Å². The first-order chi connectivity index (χ1) is 12.8. The molecule has 1 fully saturated rings. The smallest absolute Gasteiger partial charge is 0.360 e. The van der Waals surface area contributed by atoms with Gasteiger partial charge in [-0.1, -0.05) is 18.2 Å². The van der Waals surface area contributed by atoms with Crippen molar-refractivity contribution in [3.8, 4) is 0 Å². The van der Waals surface area contributed by atoms with Gasteiger partial charge in [-0.15, -0.1) is 0 Å². The van der Waals surface area contributed by atoms with Gasteiger partial charge < -0.3 is 9.64 Å². The summed E-state index contributed by atoms with van der Waals surface area (Å²) >= 11 is 0. The number of aromatic nitrogens is 2. The predicted molar refractivity (Wildman–Crippen MR) is 101 cm³/mol. The van der Waals surface area contributed by atoms with Crippen molar-refractivity contribution in [2.75, 3.05) is 0 Å². The Hall–Kier alpha value is -2.70. The number of carbonyl (C=O) groups excluding carboxylic acids is 2. The van der Waals surface area contributed by atoms with E-state index < -0.39 is 12.1 Å². The Labute approximate surface area is 157 Å². The molecule has 1 saturated heterocycles. The molecule has 1 aliphatic rings. The van der Waals surface area contributed by atoms with E-state index in [0.717, 1.165) is 23.9 Å². The van der Waals surface area contributed by atoms with Crippen LogP contribution in [0.15, 0.2) is 29.1 Å². The van der Waals surface area contributed by atoms with Crippen molar-refractivity contribution in [3.63, 3.8) is 0 Å². The summed E-state index contributed by atoms with van der Waals surface area (Å²) in [5.41, 5.74) is -0.255. The number of benzene rings is 1. The first kappa shape index (κ1) is 19.1. The number of nitrogens with zero attached hydrogens (tertiary/aromatic N) is 3. The van der Waals surface area contributed by atoms with Gasteiger partial charge in [-0.05, 0) is 46.1 Å². The van der Waals surface area contributed by atoms with Gasteiger partial charge in [0.05, 0.1) is 5.39 Å². The highest BCUT2D eigenvalue weighted by atomic mass is 16.5. The fourth-order valence-electron chi connectivity index (χ4n) is 3.78. The molecule has 1 amide bonds. The second-order valence-corrected chi connectivity index (χ2v) is 7.24. The van der Waals surface area contributed by atoms with Crippen LogP contribution in [0.5, 0.6) is 0 Å². The van der Waals surface area contributed by atoms with Crippen LogP contribution >= 0.6 is 0 Å². The molecule has 144 valence electrons. The number of hydrogen-bond donors (Lipinski definition) is 0. The zero-order valence-electron chi connectivity index (χ0n) is 16.1. The molecule has 7 heteroatoms. The third-order valence-corrected chi connectivity index (χ3v) is 5.23. The summed E-state index contributed by atoms with van der Waals surface area (Å²) in [6.07, 6.45) is 2.07. The molecule has 7 nitrogen and oxygen atoms in total. The number of piperidine rings is 1. The number of amides is 1. The molecule has 2 aromatic rings. The molecular formula is C20H25N3O4. The standard InChI is InChI=1S/C20H25N3O4/c1-12-8-7-9-13(2)23(12)18(24)14(3)27-20(26)17-15-10-5-6-11-16(15)19(25)22(4)21-17/h5-6,10-14H,7-9H2,1-4H3/t12-,13-,14-/m1/s1. The summed E-state index contributed by atoms with van der Waals surface area (Å²) < 4.78 is 6.55. The van der Waals surface area contributed by atoms with Crippen molar-refractivity contribution in [1.29, 1.82) is 0 Å². The van der Waals surface area contributed by atoms with Gasteiger partial charge in [-0.2, -0.15) is 5.10 Å². The highest BCUT2D eigenvalue weighted by Crippen LogP contribution is 2.24. The first-order valence-electron chi connectivity index (χ1n) is 9.30. The Morgan fingerprint density at radius 2 is 1.74 bits per heavy atom. The van der Waals surface area contributed by atoms with Crippen LogP contribution in [-0.4, -0.2) is 44.7 Å². The summed E-state index contributed by atoms with van der Waals surface area (Å²) in [6, 6.07) is 7.00. The highest BCUT2D eigenvalue weighted by Gasteiger charge is 2.33. The Morgan fingerprint density at radius 3 is 2.37 bits per heavy atom. The number of ether oxygens (including phenoxy) is 1. The molecule has 0 aliphatic carbocycles. The van der Waals surface area contributed by atoms with Gasteiger partial charge in [0.25, 0.3) is 11.5 Å². The minimum atomic E-state index is -0.918. The van der Waals surface area contributed by atoms with Crippen molar-refractivity contribution in [3.05, 3.63) is 40.3 Å². The lowest BCUT2D eigenvalue weighted by Gasteiger charge is -2.40. The first-order valence-corrected chi connectivity index (χ1v) is 9.30. The highest BCUT2D eigenvalue weighted by molar-refractivity contribution is 6.02.